The molecule has 0 aliphatic rings. The summed E-state index contributed by atoms with van der Waals surface area (Å²) in [6.45, 7) is 0. The highest BCUT2D eigenvalue weighted by Crippen LogP contribution is 2.24. The molecular formula is C36H25Br. The van der Waals surface area contributed by atoms with Gasteiger partial charge in [-0.25, -0.2) is 0 Å². The summed E-state index contributed by atoms with van der Waals surface area (Å²) in [7, 11) is 0. The Morgan fingerprint density at radius 1 is 0.351 bits per heavy atom. The molecule has 0 heterocycles. The minimum absolute atomic E-state index is 1.11. The monoisotopic (exact) mass is 536 g/mol. The Morgan fingerprint density at radius 2 is 0.757 bits per heavy atom. The van der Waals surface area contributed by atoms with Gasteiger partial charge in [-0.3, -0.25) is 0 Å². The molecule has 0 aromatic heterocycles. The molecule has 0 aliphatic carbocycles. The summed E-state index contributed by atoms with van der Waals surface area (Å²) in [6, 6.07) is 45.4. The molecule has 0 aliphatic heterocycles. The Balaban J connectivity index is 1.17. The van der Waals surface area contributed by atoms with Crippen molar-refractivity contribution >= 4 is 61.8 Å². The van der Waals surface area contributed by atoms with Crippen LogP contribution in [0.4, 0.5) is 0 Å². The van der Waals surface area contributed by atoms with Crippen LogP contribution in [0.15, 0.2) is 132 Å². The first-order valence-corrected chi connectivity index (χ1v) is 13.2. The fourth-order valence-corrected chi connectivity index (χ4v) is 5.01. The standard InChI is InChI=1S/C36H25Br/c37-36-21-20-34-24-29(14-19-35(34)25-36)9-8-28-13-18-32-22-27(12-17-33(32)23-28)7-6-26-10-15-31(16-11-26)30-4-2-1-3-5-30/h1-25H. The molecule has 0 atom stereocenters. The third-order valence-corrected chi connectivity index (χ3v) is 7.16. The number of halogens is 1. The SMILES string of the molecule is Brc1ccc2cc(C=Cc3ccc4cc(C=Cc5ccc(-c6ccccc6)cc5)ccc4c3)ccc2c1. The fraction of sp³-hybridized carbons (Fsp3) is 0. The minimum Gasteiger partial charge on any atom is -0.0622 e. The van der Waals surface area contributed by atoms with E-state index >= 15 is 0 Å². The van der Waals surface area contributed by atoms with Crippen LogP contribution in [-0.4, -0.2) is 0 Å². The molecule has 1 heteroatoms. The predicted molar refractivity (Wildman–Crippen MR) is 165 cm³/mol. The number of benzene rings is 6. The highest BCUT2D eigenvalue weighted by molar-refractivity contribution is 9.10. The number of fused-ring (bicyclic) bond motifs is 2. The Bertz CT molecular complexity index is 1760. The zero-order valence-corrected chi connectivity index (χ0v) is 21.9. The van der Waals surface area contributed by atoms with Crippen molar-refractivity contribution in [2.75, 3.05) is 0 Å². The summed E-state index contributed by atoms with van der Waals surface area (Å²) in [5.74, 6) is 0. The van der Waals surface area contributed by atoms with Gasteiger partial charge in [-0.05, 0) is 85.3 Å². The molecule has 0 spiro atoms. The van der Waals surface area contributed by atoms with Crippen LogP contribution in [0.2, 0.25) is 0 Å². The van der Waals surface area contributed by atoms with Crippen molar-refractivity contribution in [1.29, 1.82) is 0 Å². The lowest BCUT2D eigenvalue weighted by Crippen LogP contribution is -1.80. The second-order valence-electron chi connectivity index (χ2n) is 9.27. The first-order chi connectivity index (χ1) is 18.2. The van der Waals surface area contributed by atoms with E-state index < -0.39 is 0 Å². The van der Waals surface area contributed by atoms with E-state index in [4.69, 9.17) is 0 Å². The molecule has 37 heavy (non-hydrogen) atoms. The average Bonchev–Trinajstić information content (AvgIpc) is 2.95. The van der Waals surface area contributed by atoms with Crippen LogP contribution in [0.5, 0.6) is 0 Å². The van der Waals surface area contributed by atoms with Gasteiger partial charge >= 0.3 is 0 Å². The Labute approximate surface area is 226 Å². The lowest BCUT2D eigenvalue weighted by molar-refractivity contribution is 1.60. The van der Waals surface area contributed by atoms with E-state index in [0.29, 0.717) is 0 Å². The maximum Gasteiger partial charge on any atom is 0.0181 e. The second-order valence-corrected chi connectivity index (χ2v) is 10.2. The van der Waals surface area contributed by atoms with Crippen LogP contribution in [-0.2, 0) is 0 Å². The molecule has 0 fully saturated rings. The Kier molecular flexibility index (Phi) is 6.54. The molecular weight excluding hydrogens is 512 g/mol. The van der Waals surface area contributed by atoms with Gasteiger partial charge in [-0.2, -0.15) is 0 Å². The normalized spacial score (nSPS) is 11.7. The molecule has 6 aromatic rings. The zero-order chi connectivity index (χ0) is 25.0. The van der Waals surface area contributed by atoms with E-state index in [-0.39, 0.29) is 0 Å². The molecule has 176 valence electrons. The lowest BCUT2D eigenvalue weighted by Gasteiger charge is -2.04. The molecule has 0 unspecified atom stereocenters. The lowest BCUT2D eigenvalue weighted by atomic mass is 10.0. The van der Waals surface area contributed by atoms with Gasteiger partial charge in [0, 0.05) is 4.47 Å². The highest BCUT2D eigenvalue weighted by atomic mass is 79.9. The van der Waals surface area contributed by atoms with E-state index in [1.165, 1.54) is 54.9 Å². The van der Waals surface area contributed by atoms with Gasteiger partial charge in [-0.1, -0.05) is 137 Å². The smallest absolute Gasteiger partial charge is 0.0181 e. The quantitative estimate of drug-likeness (QED) is 0.192. The van der Waals surface area contributed by atoms with Crippen LogP contribution in [0.3, 0.4) is 0 Å². The predicted octanol–water partition coefficient (Wildman–Crippen LogP) is 10.8. The summed E-state index contributed by atoms with van der Waals surface area (Å²) < 4.78 is 1.11. The van der Waals surface area contributed by atoms with Crippen LogP contribution in [0.25, 0.3) is 57.0 Å². The molecule has 0 bridgehead atoms. The van der Waals surface area contributed by atoms with E-state index in [1.54, 1.807) is 0 Å². The van der Waals surface area contributed by atoms with Crippen molar-refractivity contribution in [3.8, 4) is 11.1 Å². The summed E-state index contributed by atoms with van der Waals surface area (Å²) in [5, 5.41) is 4.98. The number of hydrogen-bond donors (Lipinski definition) is 0. The largest absolute Gasteiger partial charge is 0.0622 e. The van der Waals surface area contributed by atoms with Crippen molar-refractivity contribution in [1.82, 2.24) is 0 Å². The molecule has 0 amide bonds. The number of hydrogen-bond acceptors (Lipinski definition) is 0. The van der Waals surface area contributed by atoms with Crippen molar-refractivity contribution in [3.05, 3.63) is 154 Å². The van der Waals surface area contributed by atoms with Gasteiger partial charge in [-0.15, -0.1) is 0 Å². The summed E-state index contributed by atoms with van der Waals surface area (Å²) >= 11 is 3.55. The van der Waals surface area contributed by atoms with E-state index in [2.05, 4.69) is 162 Å². The van der Waals surface area contributed by atoms with Gasteiger partial charge < -0.3 is 0 Å². The summed E-state index contributed by atoms with van der Waals surface area (Å²) in [6.07, 6.45) is 8.73. The zero-order valence-electron chi connectivity index (χ0n) is 20.3. The van der Waals surface area contributed by atoms with Crippen LogP contribution in [0.1, 0.15) is 22.3 Å². The van der Waals surface area contributed by atoms with Gasteiger partial charge in [0.1, 0.15) is 0 Å². The Morgan fingerprint density at radius 3 is 1.30 bits per heavy atom. The second kappa shape index (κ2) is 10.4. The molecule has 0 radical (unpaired) electrons. The van der Waals surface area contributed by atoms with Gasteiger partial charge in [0.25, 0.3) is 0 Å². The number of rotatable bonds is 5. The third kappa shape index (κ3) is 5.48. The van der Waals surface area contributed by atoms with Crippen molar-refractivity contribution in [2.45, 2.75) is 0 Å². The van der Waals surface area contributed by atoms with E-state index in [1.807, 2.05) is 6.07 Å². The topological polar surface area (TPSA) is 0 Å². The fourth-order valence-electron chi connectivity index (χ4n) is 4.63. The minimum atomic E-state index is 1.11. The van der Waals surface area contributed by atoms with Crippen molar-refractivity contribution < 1.29 is 0 Å². The summed E-state index contributed by atoms with van der Waals surface area (Å²) in [4.78, 5) is 0. The third-order valence-electron chi connectivity index (χ3n) is 6.67. The summed E-state index contributed by atoms with van der Waals surface area (Å²) in [5.41, 5.74) is 7.28. The van der Waals surface area contributed by atoms with Gasteiger partial charge in [0.15, 0.2) is 0 Å². The first-order valence-electron chi connectivity index (χ1n) is 12.4. The van der Waals surface area contributed by atoms with Gasteiger partial charge in [0.05, 0.1) is 0 Å². The molecule has 6 aromatic carbocycles. The van der Waals surface area contributed by atoms with Gasteiger partial charge in [0.2, 0.25) is 0 Å². The maximum atomic E-state index is 3.55. The highest BCUT2D eigenvalue weighted by Gasteiger charge is 1.99. The molecule has 0 saturated carbocycles. The molecule has 0 saturated heterocycles. The molecule has 0 N–H and O–H groups in total. The van der Waals surface area contributed by atoms with E-state index in [0.717, 1.165) is 4.47 Å². The van der Waals surface area contributed by atoms with Crippen LogP contribution < -0.4 is 0 Å². The first kappa shape index (κ1) is 23.2. The van der Waals surface area contributed by atoms with Crippen molar-refractivity contribution in [2.24, 2.45) is 0 Å². The molecule has 0 nitrogen and oxygen atoms in total. The van der Waals surface area contributed by atoms with Crippen molar-refractivity contribution in [3.63, 3.8) is 0 Å². The average molecular weight is 538 g/mol. The van der Waals surface area contributed by atoms with Crippen LogP contribution >= 0.6 is 15.9 Å². The molecule has 6 rings (SSSR count). The Hall–Kier alpha value is -4.20. The van der Waals surface area contributed by atoms with Crippen LogP contribution in [0, 0.1) is 0 Å². The van der Waals surface area contributed by atoms with E-state index in [9.17, 15) is 0 Å². The maximum absolute atomic E-state index is 3.55.